The van der Waals surface area contributed by atoms with E-state index in [0.29, 0.717) is 46.9 Å². The molecule has 0 spiro atoms. The summed E-state index contributed by atoms with van der Waals surface area (Å²) >= 11 is 3.20. The Bertz CT molecular complexity index is 1160. The van der Waals surface area contributed by atoms with Crippen LogP contribution in [-0.2, 0) is 29.3 Å². The molecule has 2 aliphatic heterocycles. The van der Waals surface area contributed by atoms with Gasteiger partial charge in [-0.3, -0.25) is 4.79 Å². The number of nitrogens with one attached hydrogen (secondary N) is 1. The van der Waals surface area contributed by atoms with Gasteiger partial charge in [0.2, 0.25) is 0 Å². The Hall–Kier alpha value is -2.49. The number of pyridine rings is 1. The van der Waals surface area contributed by atoms with Crippen LogP contribution < -0.4 is 5.73 Å². The summed E-state index contributed by atoms with van der Waals surface area (Å²) in [5, 5.41) is 0. The maximum absolute atomic E-state index is 14.5. The molecule has 2 aromatic heterocycles. The molecule has 9 heteroatoms. The summed E-state index contributed by atoms with van der Waals surface area (Å²) in [6, 6.07) is 4.78. The highest BCUT2D eigenvalue weighted by Gasteiger charge is 2.31. The van der Waals surface area contributed by atoms with Crippen molar-refractivity contribution in [1.29, 1.82) is 0 Å². The summed E-state index contributed by atoms with van der Waals surface area (Å²) in [5.74, 6) is -0.167. The SMILES string of the molecule is CN(C(=O)c1cc2nc(N)c3c(c2[nH]1)COC3)[C@@H]1COCc2c1ccc(Br)c2F. The van der Waals surface area contributed by atoms with Gasteiger partial charge in [-0.2, -0.15) is 0 Å². The summed E-state index contributed by atoms with van der Waals surface area (Å²) in [7, 11) is 1.69. The average molecular weight is 461 g/mol. The van der Waals surface area contributed by atoms with Crippen molar-refractivity contribution < 1.29 is 18.7 Å². The number of ether oxygens (including phenoxy) is 2. The van der Waals surface area contributed by atoms with E-state index in [9.17, 15) is 9.18 Å². The van der Waals surface area contributed by atoms with Gasteiger partial charge in [0.1, 0.15) is 17.3 Å². The molecule has 1 amide bonds. The van der Waals surface area contributed by atoms with Gasteiger partial charge in [0.25, 0.3) is 5.91 Å². The number of nitrogens with zero attached hydrogens (tertiary/aromatic N) is 2. The van der Waals surface area contributed by atoms with E-state index in [-0.39, 0.29) is 18.3 Å². The first-order valence-electron chi connectivity index (χ1n) is 9.15. The number of carbonyl (C=O) groups is 1. The molecule has 1 aromatic carbocycles. The number of hydrogen-bond acceptors (Lipinski definition) is 5. The summed E-state index contributed by atoms with van der Waals surface area (Å²) < 4.78 is 25.9. The largest absolute Gasteiger partial charge is 0.383 e. The summed E-state index contributed by atoms with van der Waals surface area (Å²) in [4.78, 5) is 22.3. The molecule has 3 N–H and O–H groups in total. The number of amides is 1. The average Bonchev–Trinajstić information content (AvgIpc) is 3.36. The highest BCUT2D eigenvalue weighted by Crippen LogP contribution is 2.35. The molecule has 0 fully saturated rings. The molecule has 1 atom stereocenters. The number of aromatic nitrogens is 2. The third-order valence-corrected chi connectivity index (χ3v) is 6.25. The van der Waals surface area contributed by atoms with Gasteiger partial charge in [-0.1, -0.05) is 6.07 Å². The summed E-state index contributed by atoms with van der Waals surface area (Å²) in [5.41, 5.74) is 10.8. The maximum atomic E-state index is 14.5. The molecule has 0 saturated heterocycles. The van der Waals surface area contributed by atoms with Gasteiger partial charge in [-0.25, -0.2) is 9.37 Å². The molecule has 0 radical (unpaired) electrons. The lowest BCUT2D eigenvalue weighted by atomic mass is 9.97. The number of benzene rings is 1. The molecule has 150 valence electrons. The highest BCUT2D eigenvalue weighted by atomic mass is 79.9. The number of aromatic amines is 1. The monoisotopic (exact) mass is 460 g/mol. The minimum Gasteiger partial charge on any atom is -0.383 e. The van der Waals surface area contributed by atoms with Gasteiger partial charge in [-0.05, 0) is 33.6 Å². The number of hydrogen-bond donors (Lipinski definition) is 2. The van der Waals surface area contributed by atoms with Crippen LogP contribution in [0.2, 0.25) is 0 Å². The van der Waals surface area contributed by atoms with Crippen LogP contribution in [-0.4, -0.2) is 34.4 Å². The fourth-order valence-electron chi connectivity index (χ4n) is 4.04. The molecular weight excluding hydrogens is 443 g/mol. The van der Waals surface area contributed by atoms with Crippen molar-refractivity contribution in [2.24, 2.45) is 0 Å². The fourth-order valence-corrected chi connectivity index (χ4v) is 4.41. The van der Waals surface area contributed by atoms with Crippen LogP contribution in [0.1, 0.15) is 38.8 Å². The number of nitrogens with two attached hydrogens (primary N) is 1. The third-order valence-electron chi connectivity index (χ3n) is 5.64. The first-order valence-corrected chi connectivity index (χ1v) is 9.94. The quantitative estimate of drug-likeness (QED) is 0.610. The Morgan fingerprint density at radius 2 is 2.03 bits per heavy atom. The zero-order valence-corrected chi connectivity index (χ0v) is 17.2. The van der Waals surface area contributed by atoms with E-state index >= 15 is 0 Å². The predicted molar refractivity (Wildman–Crippen MR) is 108 cm³/mol. The van der Waals surface area contributed by atoms with Crippen molar-refractivity contribution >= 4 is 38.7 Å². The van der Waals surface area contributed by atoms with Crippen LogP contribution in [0.25, 0.3) is 11.0 Å². The molecule has 0 unspecified atom stereocenters. The predicted octanol–water partition coefficient (Wildman–Crippen LogP) is 3.42. The maximum Gasteiger partial charge on any atom is 0.270 e. The topological polar surface area (TPSA) is 93.5 Å². The van der Waals surface area contributed by atoms with Crippen LogP contribution in [0.5, 0.6) is 0 Å². The molecule has 0 saturated carbocycles. The van der Waals surface area contributed by atoms with Crippen LogP contribution in [0.15, 0.2) is 22.7 Å². The van der Waals surface area contributed by atoms with Gasteiger partial charge in [0.05, 0.1) is 48.0 Å². The second-order valence-corrected chi connectivity index (χ2v) is 8.12. The Morgan fingerprint density at radius 1 is 1.28 bits per heavy atom. The molecule has 29 heavy (non-hydrogen) atoms. The van der Waals surface area contributed by atoms with Gasteiger partial charge in [0.15, 0.2) is 0 Å². The zero-order valence-electron chi connectivity index (χ0n) is 15.6. The number of halogens is 2. The van der Waals surface area contributed by atoms with Gasteiger partial charge < -0.3 is 25.1 Å². The lowest BCUT2D eigenvalue weighted by Crippen LogP contribution is -2.36. The summed E-state index contributed by atoms with van der Waals surface area (Å²) in [6.45, 7) is 1.33. The van der Waals surface area contributed by atoms with Crippen molar-refractivity contribution in [1.82, 2.24) is 14.9 Å². The minimum atomic E-state index is -0.396. The summed E-state index contributed by atoms with van der Waals surface area (Å²) in [6.07, 6.45) is 0. The minimum absolute atomic E-state index is 0.181. The van der Waals surface area contributed by atoms with E-state index in [1.165, 1.54) is 0 Å². The Labute approximate surface area is 174 Å². The van der Waals surface area contributed by atoms with Crippen LogP contribution in [0.3, 0.4) is 0 Å². The molecule has 7 nitrogen and oxygen atoms in total. The Balaban J connectivity index is 1.51. The van der Waals surface area contributed by atoms with E-state index in [1.807, 2.05) is 6.07 Å². The fraction of sp³-hybridized carbons (Fsp3) is 0.300. The number of likely N-dealkylation sites (N-methyl/N-ethyl adjacent to an activating group) is 1. The van der Waals surface area contributed by atoms with Crippen LogP contribution in [0, 0.1) is 5.82 Å². The van der Waals surface area contributed by atoms with Crippen LogP contribution in [0.4, 0.5) is 10.2 Å². The number of rotatable bonds is 2. The van der Waals surface area contributed by atoms with Gasteiger partial charge in [-0.15, -0.1) is 0 Å². The van der Waals surface area contributed by atoms with E-state index in [1.54, 1.807) is 24.1 Å². The Kier molecular flexibility index (Phi) is 4.34. The van der Waals surface area contributed by atoms with E-state index < -0.39 is 6.04 Å². The van der Waals surface area contributed by atoms with E-state index in [0.717, 1.165) is 22.2 Å². The molecule has 2 aliphatic rings. The lowest BCUT2D eigenvalue weighted by molar-refractivity contribution is 0.0329. The first kappa shape index (κ1) is 18.5. The third kappa shape index (κ3) is 2.84. The first-order chi connectivity index (χ1) is 14.0. The lowest BCUT2D eigenvalue weighted by Gasteiger charge is -2.33. The highest BCUT2D eigenvalue weighted by molar-refractivity contribution is 9.10. The number of nitrogen functional groups attached to an aromatic ring is 1. The molecule has 0 bridgehead atoms. The number of H-pyrrole nitrogens is 1. The van der Waals surface area contributed by atoms with Crippen molar-refractivity contribution in [2.45, 2.75) is 25.9 Å². The van der Waals surface area contributed by atoms with Crippen LogP contribution >= 0.6 is 15.9 Å². The standard InChI is InChI=1S/C20H18BrFN4O3/c1-26(16-8-29-5-10-9(16)2-3-13(21)17(10)22)20(27)15-4-14-18(24-15)11-6-28-7-12(11)19(23)25-14/h2-4,16,24H,5-8H2,1H3,(H2,23,25)/t16-/m1/s1. The number of carbonyl (C=O) groups excluding carboxylic acids is 1. The molecule has 0 aliphatic carbocycles. The van der Waals surface area contributed by atoms with E-state index in [2.05, 4.69) is 25.9 Å². The zero-order chi connectivity index (χ0) is 20.3. The second-order valence-electron chi connectivity index (χ2n) is 7.27. The molecule has 5 rings (SSSR count). The number of fused-ring (bicyclic) bond motifs is 4. The number of anilines is 1. The normalized spacial score (nSPS) is 18.0. The second kappa shape index (κ2) is 6.79. The molecule has 4 heterocycles. The smallest absolute Gasteiger partial charge is 0.270 e. The van der Waals surface area contributed by atoms with Crippen molar-refractivity contribution in [3.63, 3.8) is 0 Å². The Morgan fingerprint density at radius 3 is 2.86 bits per heavy atom. The van der Waals surface area contributed by atoms with Gasteiger partial charge in [0, 0.05) is 23.7 Å². The molecule has 3 aromatic rings. The van der Waals surface area contributed by atoms with E-state index in [4.69, 9.17) is 15.2 Å². The van der Waals surface area contributed by atoms with Crippen molar-refractivity contribution in [3.05, 3.63) is 56.4 Å². The van der Waals surface area contributed by atoms with Crippen molar-refractivity contribution in [2.75, 3.05) is 19.4 Å². The van der Waals surface area contributed by atoms with Crippen molar-refractivity contribution in [3.8, 4) is 0 Å². The van der Waals surface area contributed by atoms with Gasteiger partial charge >= 0.3 is 0 Å². The molecular formula is C20H18BrFN4O3.